The zero-order valence-corrected chi connectivity index (χ0v) is 10.3. The Balaban J connectivity index is 2.93. The standard InChI is InChI=1S/C10H15N5O2/c1-12(2)6-15-8-7(11-5-13(8)3)9(16)14(4)10(15)17/h5H,6H2,1-4H3. The lowest BCUT2D eigenvalue weighted by Crippen LogP contribution is -2.40. The molecule has 0 atom stereocenters. The van der Waals surface area contributed by atoms with Gasteiger partial charge in [-0.2, -0.15) is 0 Å². The predicted molar refractivity (Wildman–Crippen MR) is 63.9 cm³/mol. The molecule has 0 aliphatic carbocycles. The fraction of sp³-hybridized carbons (Fsp3) is 0.500. The van der Waals surface area contributed by atoms with Crippen LogP contribution < -0.4 is 11.2 Å². The van der Waals surface area contributed by atoms with Gasteiger partial charge in [0.15, 0.2) is 11.2 Å². The Bertz CT molecular complexity index is 676. The molecule has 2 aromatic rings. The minimum atomic E-state index is -0.361. The first-order valence-corrected chi connectivity index (χ1v) is 5.19. The highest BCUT2D eigenvalue weighted by Crippen LogP contribution is 2.04. The second-order valence-electron chi connectivity index (χ2n) is 4.32. The summed E-state index contributed by atoms with van der Waals surface area (Å²) in [6, 6.07) is 0. The summed E-state index contributed by atoms with van der Waals surface area (Å²) in [5.74, 6) is 0. The van der Waals surface area contributed by atoms with Crippen LogP contribution >= 0.6 is 0 Å². The molecule has 7 nitrogen and oxygen atoms in total. The molecule has 0 aliphatic rings. The highest BCUT2D eigenvalue weighted by molar-refractivity contribution is 5.69. The number of rotatable bonds is 2. The lowest BCUT2D eigenvalue weighted by Gasteiger charge is -2.14. The van der Waals surface area contributed by atoms with Gasteiger partial charge >= 0.3 is 5.69 Å². The average Bonchev–Trinajstić information content (AvgIpc) is 2.63. The summed E-state index contributed by atoms with van der Waals surface area (Å²) in [5.41, 5.74) is 0.170. The molecule has 7 heteroatoms. The second-order valence-corrected chi connectivity index (χ2v) is 4.32. The van der Waals surface area contributed by atoms with Crippen LogP contribution in [0.15, 0.2) is 15.9 Å². The third-order valence-corrected chi connectivity index (χ3v) is 2.61. The smallest absolute Gasteiger partial charge is 0.320 e. The topological polar surface area (TPSA) is 65.1 Å². The normalized spacial score (nSPS) is 11.6. The molecule has 0 radical (unpaired) electrons. The monoisotopic (exact) mass is 237 g/mol. The Morgan fingerprint density at radius 3 is 2.53 bits per heavy atom. The van der Waals surface area contributed by atoms with Crippen LogP contribution in [-0.2, 0) is 20.8 Å². The summed E-state index contributed by atoms with van der Waals surface area (Å²) in [5, 5.41) is 0. The first-order valence-electron chi connectivity index (χ1n) is 5.19. The van der Waals surface area contributed by atoms with Crippen LogP contribution in [0.3, 0.4) is 0 Å². The summed E-state index contributed by atoms with van der Waals surface area (Å²) < 4.78 is 4.30. The van der Waals surface area contributed by atoms with Crippen molar-refractivity contribution < 1.29 is 0 Å². The van der Waals surface area contributed by atoms with E-state index in [-0.39, 0.29) is 11.2 Å². The van der Waals surface area contributed by atoms with Crippen molar-refractivity contribution in [1.82, 2.24) is 23.6 Å². The Hall–Kier alpha value is -1.89. The lowest BCUT2D eigenvalue weighted by atomic mass is 10.5. The molecule has 2 heterocycles. The molecule has 0 spiro atoms. The molecular formula is C10H15N5O2. The van der Waals surface area contributed by atoms with E-state index in [0.29, 0.717) is 17.8 Å². The van der Waals surface area contributed by atoms with Gasteiger partial charge in [0.1, 0.15) is 0 Å². The van der Waals surface area contributed by atoms with Crippen molar-refractivity contribution in [3.8, 4) is 0 Å². The van der Waals surface area contributed by atoms with Crippen molar-refractivity contribution >= 4 is 11.2 Å². The molecule has 0 N–H and O–H groups in total. The Morgan fingerprint density at radius 2 is 1.94 bits per heavy atom. The van der Waals surface area contributed by atoms with Crippen LogP contribution in [0.4, 0.5) is 0 Å². The molecule has 0 bridgehead atoms. The largest absolute Gasteiger partial charge is 0.333 e. The summed E-state index contributed by atoms with van der Waals surface area (Å²) in [6.45, 7) is 0.406. The third-order valence-electron chi connectivity index (χ3n) is 2.61. The quantitative estimate of drug-likeness (QED) is 0.668. The van der Waals surface area contributed by atoms with Gasteiger partial charge in [-0.3, -0.25) is 18.8 Å². The van der Waals surface area contributed by atoms with Gasteiger partial charge in [-0.05, 0) is 14.1 Å². The summed E-state index contributed by atoms with van der Waals surface area (Å²) in [6.07, 6.45) is 1.54. The minimum Gasteiger partial charge on any atom is -0.320 e. The molecule has 2 aromatic heterocycles. The molecule has 0 amide bonds. The first-order chi connectivity index (χ1) is 7.93. The van der Waals surface area contributed by atoms with Crippen LogP contribution in [0.2, 0.25) is 0 Å². The van der Waals surface area contributed by atoms with Crippen LogP contribution in [0, 0.1) is 0 Å². The number of fused-ring (bicyclic) bond motifs is 1. The van der Waals surface area contributed by atoms with Gasteiger partial charge in [-0.25, -0.2) is 9.78 Å². The summed E-state index contributed by atoms with van der Waals surface area (Å²) in [7, 11) is 6.95. The molecule has 2 rings (SSSR count). The van der Waals surface area contributed by atoms with Gasteiger partial charge in [0.2, 0.25) is 0 Å². The van der Waals surface area contributed by atoms with E-state index in [1.54, 1.807) is 11.6 Å². The van der Waals surface area contributed by atoms with Crippen molar-refractivity contribution in [2.75, 3.05) is 14.1 Å². The Kier molecular flexibility index (Phi) is 2.62. The van der Waals surface area contributed by atoms with Crippen LogP contribution in [0.5, 0.6) is 0 Å². The third kappa shape index (κ3) is 1.68. The molecule has 17 heavy (non-hydrogen) atoms. The van der Waals surface area contributed by atoms with E-state index in [1.807, 2.05) is 19.0 Å². The predicted octanol–water partition coefficient (Wildman–Crippen LogP) is -1.05. The minimum absolute atomic E-state index is 0.316. The average molecular weight is 237 g/mol. The number of aryl methyl sites for hydroxylation is 1. The van der Waals surface area contributed by atoms with E-state index >= 15 is 0 Å². The number of aromatic nitrogens is 4. The van der Waals surface area contributed by atoms with E-state index in [9.17, 15) is 9.59 Å². The number of imidazole rings is 1. The van der Waals surface area contributed by atoms with E-state index in [2.05, 4.69) is 4.98 Å². The molecule has 0 aliphatic heterocycles. The van der Waals surface area contributed by atoms with Crippen molar-refractivity contribution in [3.05, 3.63) is 27.2 Å². The highest BCUT2D eigenvalue weighted by atomic mass is 16.2. The maximum atomic E-state index is 12.0. The van der Waals surface area contributed by atoms with Gasteiger partial charge in [0, 0.05) is 14.1 Å². The van der Waals surface area contributed by atoms with Crippen molar-refractivity contribution in [2.24, 2.45) is 14.1 Å². The molecule has 0 unspecified atom stereocenters. The maximum absolute atomic E-state index is 12.0. The van der Waals surface area contributed by atoms with E-state index < -0.39 is 0 Å². The van der Waals surface area contributed by atoms with Gasteiger partial charge in [-0.15, -0.1) is 0 Å². The maximum Gasteiger partial charge on any atom is 0.333 e. The number of nitrogens with zero attached hydrogens (tertiary/aromatic N) is 5. The fourth-order valence-electron chi connectivity index (χ4n) is 1.82. The van der Waals surface area contributed by atoms with Crippen molar-refractivity contribution in [1.29, 1.82) is 0 Å². The van der Waals surface area contributed by atoms with E-state index in [1.165, 1.54) is 17.9 Å². The first kappa shape index (κ1) is 11.6. The number of hydrogen-bond donors (Lipinski definition) is 0. The van der Waals surface area contributed by atoms with Crippen LogP contribution in [-0.4, -0.2) is 37.7 Å². The molecule has 92 valence electrons. The van der Waals surface area contributed by atoms with Gasteiger partial charge < -0.3 is 4.57 Å². The SMILES string of the molecule is CN(C)Cn1c(=O)n(C)c(=O)c2ncn(C)c21. The van der Waals surface area contributed by atoms with Gasteiger partial charge in [0.05, 0.1) is 13.0 Å². The lowest BCUT2D eigenvalue weighted by molar-refractivity contribution is 0.319. The second kappa shape index (κ2) is 3.85. The molecule has 0 saturated carbocycles. The van der Waals surface area contributed by atoms with Gasteiger partial charge in [0.25, 0.3) is 5.56 Å². The molecule has 0 saturated heterocycles. The van der Waals surface area contributed by atoms with Crippen molar-refractivity contribution in [3.63, 3.8) is 0 Å². The van der Waals surface area contributed by atoms with E-state index in [4.69, 9.17) is 0 Å². The molecular weight excluding hydrogens is 222 g/mol. The Morgan fingerprint density at radius 1 is 1.29 bits per heavy atom. The zero-order valence-electron chi connectivity index (χ0n) is 10.3. The zero-order chi connectivity index (χ0) is 12.7. The van der Waals surface area contributed by atoms with Crippen LogP contribution in [0.25, 0.3) is 11.2 Å². The van der Waals surface area contributed by atoms with Crippen LogP contribution in [0.1, 0.15) is 0 Å². The fourth-order valence-corrected chi connectivity index (χ4v) is 1.82. The summed E-state index contributed by atoms with van der Waals surface area (Å²) >= 11 is 0. The van der Waals surface area contributed by atoms with Crippen molar-refractivity contribution in [2.45, 2.75) is 6.67 Å². The Labute approximate surface area is 97.5 Å². The summed E-state index contributed by atoms with van der Waals surface area (Å²) in [4.78, 5) is 29.8. The van der Waals surface area contributed by atoms with E-state index in [0.717, 1.165) is 4.57 Å². The number of hydrogen-bond acceptors (Lipinski definition) is 4. The van der Waals surface area contributed by atoms with Gasteiger partial charge in [-0.1, -0.05) is 0 Å². The molecule has 0 fully saturated rings. The highest BCUT2D eigenvalue weighted by Gasteiger charge is 2.14. The molecule has 0 aromatic carbocycles.